The molecule has 2 aromatic carbocycles. The Morgan fingerprint density at radius 3 is 2.44 bits per heavy atom. The van der Waals surface area contributed by atoms with Crippen LogP contribution in [-0.4, -0.2) is 4.75 Å². The molecule has 172 valence electrons. The second kappa shape index (κ2) is 10.7. The van der Waals surface area contributed by atoms with E-state index in [4.69, 9.17) is 4.42 Å². The number of unbranched alkanes of at least 4 members (excludes halogenated alkanes) is 2. The zero-order valence-electron chi connectivity index (χ0n) is 20.6. The van der Waals surface area contributed by atoms with E-state index in [0.29, 0.717) is 17.1 Å². The lowest BCUT2D eigenvalue weighted by molar-refractivity contribution is 0.503. The number of thioether (sulfide) groups is 1. The third kappa shape index (κ3) is 6.28. The summed E-state index contributed by atoms with van der Waals surface area (Å²) in [5.41, 5.74) is 4.64. The Balaban J connectivity index is 1.92. The summed E-state index contributed by atoms with van der Waals surface area (Å²) in [7, 11) is 0. The first-order valence-electron chi connectivity index (χ1n) is 12.1. The van der Waals surface area contributed by atoms with E-state index in [1.54, 1.807) is 0 Å². The number of hydrogen-bond acceptors (Lipinski definition) is 3. The van der Waals surface area contributed by atoms with Gasteiger partial charge in [-0.3, -0.25) is 0 Å². The Morgan fingerprint density at radius 2 is 1.75 bits per heavy atom. The van der Waals surface area contributed by atoms with Gasteiger partial charge in [-0.05, 0) is 66.5 Å². The van der Waals surface area contributed by atoms with Crippen molar-refractivity contribution in [3.8, 4) is 11.1 Å². The van der Waals surface area contributed by atoms with Gasteiger partial charge in [0.15, 0.2) is 0 Å². The second-order valence-corrected chi connectivity index (χ2v) is 11.7. The molecule has 0 unspecified atom stereocenters. The van der Waals surface area contributed by atoms with E-state index in [0.717, 1.165) is 35.1 Å². The lowest BCUT2D eigenvalue weighted by atomic mass is 9.94. The Hall–Kier alpha value is -2.00. The highest BCUT2D eigenvalue weighted by Crippen LogP contribution is 2.38. The maximum Gasteiger partial charge on any atom is 0.344 e. The summed E-state index contributed by atoms with van der Waals surface area (Å²) in [6.45, 7) is 13.4. The minimum atomic E-state index is -0.255. The molecule has 0 bridgehead atoms. The van der Waals surface area contributed by atoms with Gasteiger partial charge in [0.25, 0.3) is 0 Å². The summed E-state index contributed by atoms with van der Waals surface area (Å²) in [5.74, 6) is 0.643. The highest BCUT2D eigenvalue weighted by molar-refractivity contribution is 8.00. The zero-order chi connectivity index (χ0) is 23.3. The second-order valence-electron chi connectivity index (χ2n) is 9.91. The van der Waals surface area contributed by atoms with Crippen molar-refractivity contribution in [1.82, 2.24) is 0 Å². The van der Waals surface area contributed by atoms with E-state index in [2.05, 4.69) is 71.9 Å². The minimum Gasteiger partial charge on any atom is -0.422 e. The van der Waals surface area contributed by atoms with Gasteiger partial charge in [0.2, 0.25) is 0 Å². The normalized spacial score (nSPS) is 12.1. The van der Waals surface area contributed by atoms with Crippen LogP contribution in [-0.2, 0) is 12.8 Å². The molecular formula is C29H38O2S. The summed E-state index contributed by atoms with van der Waals surface area (Å²) in [6, 6.07) is 14.8. The molecule has 0 spiro atoms. The van der Waals surface area contributed by atoms with Crippen LogP contribution < -0.4 is 5.63 Å². The zero-order valence-corrected chi connectivity index (χ0v) is 21.4. The molecule has 0 aliphatic carbocycles. The summed E-state index contributed by atoms with van der Waals surface area (Å²) in [6.07, 6.45) is 6.83. The fourth-order valence-electron chi connectivity index (χ4n) is 4.62. The van der Waals surface area contributed by atoms with Crippen LogP contribution in [0, 0.1) is 5.92 Å². The maximum absolute atomic E-state index is 13.0. The average Bonchev–Trinajstić information content (AvgIpc) is 2.72. The summed E-state index contributed by atoms with van der Waals surface area (Å²) < 4.78 is 5.96. The first-order chi connectivity index (χ1) is 15.2. The van der Waals surface area contributed by atoms with Crippen molar-refractivity contribution < 1.29 is 4.42 Å². The predicted molar refractivity (Wildman–Crippen MR) is 140 cm³/mol. The number of aryl methyl sites for hydroxylation is 2. The average molecular weight is 451 g/mol. The number of hydrogen-bond donors (Lipinski definition) is 0. The van der Waals surface area contributed by atoms with Crippen LogP contribution in [0.2, 0.25) is 0 Å². The fraction of sp³-hybridized carbons (Fsp3) is 0.483. The smallest absolute Gasteiger partial charge is 0.344 e. The number of benzene rings is 2. The van der Waals surface area contributed by atoms with Crippen LogP contribution in [0.5, 0.6) is 0 Å². The lowest BCUT2D eigenvalue weighted by Crippen LogP contribution is -2.17. The largest absolute Gasteiger partial charge is 0.422 e. The molecule has 0 atom stereocenters. The van der Waals surface area contributed by atoms with E-state index in [1.807, 2.05) is 23.9 Å². The van der Waals surface area contributed by atoms with E-state index < -0.39 is 0 Å². The molecule has 0 amide bonds. The summed E-state index contributed by atoms with van der Waals surface area (Å²) in [4.78, 5) is 14.1. The molecule has 0 aliphatic rings. The number of rotatable bonds is 10. The Labute approximate surface area is 197 Å². The Kier molecular flexibility index (Phi) is 8.27. The van der Waals surface area contributed by atoms with Crippen LogP contribution in [0.4, 0.5) is 0 Å². The van der Waals surface area contributed by atoms with Gasteiger partial charge in [-0.25, -0.2) is 4.79 Å². The molecule has 1 aromatic heterocycles. The van der Waals surface area contributed by atoms with Crippen LogP contribution in [0.15, 0.2) is 56.6 Å². The molecule has 1 heterocycles. The Morgan fingerprint density at radius 1 is 0.969 bits per heavy atom. The molecule has 0 radical (unpaired) electrons. The molecule has 0 saturated carbocycles. The van der Waals surface area contributed by atoms with Crippen molar-refractivity contribution >= 4 is 22.7 Å². The standard InChI is InChI=1S/C29H38O2S/c1-7-9-10-11-21-12-15-25(22(8-2)16-21)26-17-23-13-14-24(18-27(23)31-28(26)30)32-29(5,6)19-20(3)4/h12-18,20H,7-11,19H2,1-6H3. The molecule has 0 N–H and O–H groups in total. The van der Waals surface area contributed by atoms with Crippen molar-refractivity contribution in [3.63, 3.8) is 0 Å². The highest BCUT2D eigenvalue weighted by Gasteiger charge is 2.21. The van der Waals surface area contributed by atoms with Gasteiger partial charge in [-0.2, -0.15) is 0 Å². The van der Waals surface area contributed by atoms with Gasteiger partial charge in [0.05, 0.1) is 5.56 Å². The summed E-state index contributed by atoms with van der Waals surface area (Å²) in [5, 5.41) is 0.972. The SMILES string of the molecule is CCCCCc1ccc(-c2cc3ccc(SC(C)(C)CC(C)C)cc3oc2=O)c(CC)c1. The van der Waals surface area contributed by atoms with E-state index in [9.17, 15) is 4.79 Å². The van der Waals surface area contributed by atoms with Gasteiger partial charge in [0.1, 0.15) is 5.58 Å². The van der Waals surface area contributed by atoms with Crippen molar-refractivity contribution in [3.05, 3.63) is 64.0 Å². The monoisotopic (exact) mass is 450 g/mol. The van der Waals surface area contributed by atoms with Gasteiger partial charge in [0, 0.05) is 15.0 Å². The van der Waals surface area contributed by atoms with E-state index >= 15 is 0 Å². The minimum absolute atomic E-state index is 0.136. The van der Waals surface area contributed by atoms with Gasteiger partial charge in [-0.1, -0.05) is 78.6 Å². The van der Waals surface area contributed by atoms with Crippen LogP contribution >= 0.6 is 11.8 Å². The maximum atomic E-state index is 13.0. The van der Waals surface area contributed by atoms with Crippen LogP contribution in [0.25, 0.3) is 22.1 Å². The summed E-state index contributed by atoms with van der Waals surface area (Å²) >= 11 is 1.85. The van der Waals surface area contributed by atoms with Gasteiger partial charge >= 0.3 is 5.63 Å². The van der Waals surface area contributed by atoms with E-state index in [-0.39, 0.29) is 10.4 Å². The molecule has 3 heteroatoms. The molecule has 3 aromatic rings. The molecule has 0 fully saturated rings. The molecule has 32 heavy (non-hydrogen) atoms. The molecular weight excluding hydrogens is 412 g/mol. The molecule has 0 aliphatic heterocycles. The van der Waals surface area contributed by atoms with Crippen molar-refractivity contribution in [2.75, 3.05) is 0 Å². The van der Waals surface area contributed by atoms with Gasteiger partial charge in [-0.15, -0.1) is 11.8 Å². The first kappa shape index (κ1) is 24.6. The fourth-order valence-corrected chi connectivity index (χ4v) is 5.98. The molecule has 2 nitrogen and oxygen atoms in total. The quantitative estimate of drug-likeness (QED) is 0.176. The van der Waals surface area contributed by atoms with Crippen molar-refractivity contribution in [1.29, 1.82) is 0 Å². The van der Waals surface area contributed by atoms with Crippen molar-refractivity contribution in [2.45, 2.75) is 89.7 Å². The first-order valence-corrected chi connectivity index (χ1v) is 12.9. The molecule has 0 saturated heterocycles. The molecule has 3 rings (SSSR count). The van der Waals surface area contributed by atoms with Gasteiger partial charge < -0.3 is 4.42 Å². The third-order valence-corrected chi connectivity index (χ3v) is 7.12. The van der Waals surface area contributed by atoms with Crippen molar-refractivity contribution in [2.24, 2.45) is 5.92 Å². The van der Waals surface area contributed by atoms with E-state index in [1.165, 1.54) is 30.4 Å². The Bertz CT molecular complexity index is 1110. The highest BCUT2D eigenvalue weighted by atomic mass is 32.2. The van der Waals surface area contributed by atoms with Crippen LogP contribution in [0.3, 0.4) is 0 Å². The lowest BCUT2D eigenvalue weighted by Gasteiger charge is -2.26. The predicted octanol–water partition coefficient (Wildman–Crippen LogP) is 8.67. The topological polar surface area (TPSA) is 30.2 Å². The number of fused-ring (bicyclic) bond motifs is 1. The third-order valence-electron chi connectivity index (χ3n) is 5.91. The van der Waals surface area contributed by atoms with Crippen LogP contribution in [0.1, 0.15) is 78.4 Å².